The second kappa shape index (κ2) is 12.9. The highest BCUT2D eigenvalue weighted by molar-refractivity contribution is 7.60. The van der Waals surface area contributed by atoms with Crippen molar-refractivity contribution in [3.05, 3.63) is 93.0 Å². The van der Waals surface area contributed by atoms with Crippen LogP contribution in [0.3, 0.4) is 0 Å². The van der Waals surface area contributed by atoms with Crippen LogP contribution in [0.1, 0.15) is 189 Å². The molecule has 0 heterocycles. The average Bonchev–Trinajstić information content (AvgIpc) is 2.91. The maximum Gasteiger partial charge on any atom is 0.410 e. The SMILES string of the molecule is CC(C)(C)c1cc(C(C)(C)C)c2cc(C(c3cc4c(C(C)(C)C)cc(C(C)(C)C)cc4cc3C(C)(C)C)C(C)(C)[P+](O)(O)O)c(C(C)(C)C)cc2c1. The summed E-state index contributed by atoms with van der Waals surface area (Å²) in [5.41, 5.74) is 8.61. The number of benzene rings is 4. The highest BCUT2D eigenvalue weighted by Crippen LogP contribution is 2.66. The van der Waals surface area contributed by atoms with E-state index in [-0.39, 0.29) is 32.5 Å². The standard InChI is InChI=1S/C48H72O3P/c1-42(2,3)31-21-29-23-37(44(7,8)9)35(27-33(29)39(25-31)46(13,14)15)41(48(19,20)52(49,50)51)36-28-34-30(24-38(36)45(10,11)12)22-32(43(4,5)6)26-40(34)47(16,17)18/h21-28,41,49-51H,1-20H3/q+1. The summed E-state index contributed by atoms with van der Waals surface area (Å²) in [6.45, 7) is 44.5. The maximum atomic E-state index is 11.5. The molecule has 0 fully saturated rings. The summed E-state index contributed by atoms with van der Waals surface area (Å²) in [7, 11) is -4.42. The van der Waals surface area contributed by atoms with Gasteiger partial charge in [-0.25, -0.2) is 0 Å². The van der Waals surface area contributed by atoms with Crippen molar-refractivity contribution in [2.24, 2.45) is 0 Å². The topological polar surface area (TPSA) is 60.7 Å². The van der Waals surface area contributed by atoms with Gasteiger partial charge in [-0.05, 0) is 125 Å². The first-order valence-corrected chi connectivity index (χ1v) is 21.0. The molecule has 0 aliphatic carbocycles. The van der Waals surface area contributed by atoms with E-state index in [1.807, 2.05) is 13.8 Å². The monoisotopic (exact) mass is 728 g/mol. The van der Waals surface area contributed by atoms with Crippen molar-refractivity contribution in [2.75, 3.05) is 0 Å². The molecule has 0 radical (unpaired) electrons. The molecule has 0 aliphatic rings. The van der Waals surface area contributed by atoms with Gasteiger partial charge in [0, 0.05) is 0 Å². The molecule has 0 saturated heterocycles. The number of rotatable bonds is 4. The molecule has 0 saturated carbocycles. The van der Waals surface area contributed by atoms with E-state index in [9.17, 15) is 14.7 Å². The summed E-state index contributed by atoms with van der Waals surface area (Å²) >= 11 is 0. The molecular formula is C48H72O3P+. The van der Waals surface area contributed by atoms with E-state index in [0.717, 1.165) is 22.3 Å². The van der Waals surface area contributed by atoms with E-state index in [2.05, 4.69) is 173 Å². The molecule has 3 N–H and O–H groups in total. The smallest absolute Gasteiger partial charge is 0.192 e. The fourth-order valence-corrected chi connectivity index (χ4v) is 8.47. The maximum absolute atomic E-state index is 11.5. The summed E-state index contributed by atoms with van der Waals surface area (Å²) in [6.07, 6.45) is 0. The lowest BCUT2D eigenvalue weighted by atomic mass is 9.68. The zero-order chi connectivity index (χ0) is 40.2. The van der Waals surface area contributed by atoms with Crippen molar-refractivity contribution in [1.29, 1.82) is 0 Å². The quantitative estimate of drug-likeness (QED) is 0.183. The molecule has 0 aromatic heterocycles. The first-order chi connectivity index (χ1) is 23.0. The third kappa shape index (κ3) is 8.19. The van der Waals surface area contributed by atoms with Crippen LogP contribution in [0.5, 0.6) is 0 Å². The van der Waals surface area contributed by atoms with Crippen LogP contribution in [0.2, 0.25) is 0 Å². The van der Waals surface area contributed by atoms with Gasteiger partial charge in [0.2, 0.25) is 0 Å². The summed E-state index contributed by atoms with van der Waals surface area (Å²) in [5, 5.41) is 3.42. The van der Waals surface area contributed by atoms with Gasteiger partial charge in [-0.2, -0.15) is 14.7 Å². The van der Waals surface area contributed by atoms with Crippen LogP contribution in [0.25, 0.3) is 21.5 Å². The first kappa shape index (κ1) is 42.5. The Morgan fingerprint density at radius 2 is 0.654 bits per heavy atom. The lowest BCUT2D eigenvalue weighted by molar-refractivity contribution is 0.283. The van der Waals surface area contributed by atoms with Crippen LogP contribution in [0, 0.1) is 0 Å². The molecule has 4 aromatic rings. The Labute approximate surface area is 318 Å². The Hall–Kier alpha value is -2.29. The van der Waals surface area contributed by atoms with E-state index in [0.29, 0.717) is 0 Å². The fraction of sp³-hybridized carbons (Fsp3) is 0.583. The molecule has 0 bridgehead atoms. The molecule has 0 unspecified atom stereocenters. The lowest BCUT2D eigenvalue weighted by Crippen LogP contribution is -2.36. The van der Waals surface area contributed by atoms with Gasteiger partial charge in [0.25, 0.3) is 0 Å². The van der Waals surface area contributed by atoms with E-state index < -0.39 is 19.0 Å². The zero-order valence-corrected chi connectivity index (χ0v) is 37.4. The van der Waals surface area contributed by atoms with Crippen molar-refractivity contribution in [3.8, 4) is 0 Å². The molecular weight excluding hydrogens is 655 g/mol. The van der Waals surface area contributed by atoms with Gasteiger partial charge < -0.3 is 0 Å². The Kier molecular flexibility index (Phi) is 10.5. The second-order valence-corrected chi connectivity index (χ2v) is 24.8. The van der Waals surface area contributed by atoms with Crippen LogP contribution >= 0.6 is 7.94 Å². The Bertz CT molecular complexity index is 1850. The van der Waals surface area contributed by atoms with Gasteiger partial charge in [0.05, 0.1) is 5.92 Å². The Balaban J connectivity index is 2.36. The van der Waals surface area contributed by atoms with Crippen LogP contribution in [0.15, 0.2) is 48.5 Å². The summed E-state index contributed by atoms with van der Waals surface area (Å²) < 4.78 is 0. The molecule has 0 atom stereocenters. The third-order valence-corrected chi connectivity index (χ3v) is 13.1. The molecule has 0 spiro atoms. The van der Waals surface area contributed by atoms with Crippen molar-refractivity contribution >= 4 is 29.5 Å². The third-order valence-electron chi connectivity index (χ3n) is 11.3. The van der Waals surface area contributed by atoms with Crippen molar-refractivity contribution in [2.45, 2.75) is 182 Å². The molecule has 3 nitrogen and oxygen atoms in total. The molecule has 0 aliphatic heterocycles. The normalized spacial score (nSPS) is 14.6. The second-order valence-electron chi connectivity index (χ2n) is 22.5. The molecule has 4 heteroatoms. The molecule has 286 valence electrons. The van der Waals surface area contributed by atoms with Gasteiger partial charge in [-0.1, -0.05) is 161 Å². The van der Waals surface area contributed by atoms with Gasteiger partial charge in [0.15, 0.2) is 5.16 Å². The van der Waals surface area contributed by atoms with E-state index in [1.165, 1.54) is 43.8 Å². The Morgan fingerprint density at radius 1 is 0.365 bits per heavy atom. The van der Waals surface area contributed by atoms with Gasteiger partial charge in [0.1, 0.15) is 0 Å². The highest BCUT2D eigenvalue weighted by Gasteiger charge is 2.58. The Morgan fingerprint density at radius 3 is 0.885 bits per heavy atom. The van der Waals surface area contributed by atoms with Crippen LogP contribution in [-0.2, 0) is 32.5 Å². The largest absolute Gasteiger partial charge is 0.410 e. The number of hydrogen-bond donors (Lipinski definition) is 3. The number of hydrogen-bond acceptors (Lipinski definition) is 3. The molecule has 4 aromatic carbocycles. The van der Waals surface area contributed by atoms with Crippen molar-refractivity contribution < 1.29 is 14.7 Å². The minimum absolute atomic E-state index is 0.0294. The highest BCUT2D eigenvalue weighted by atomic mass is 31.2. The van der Waals surface area contributed by atoms with Gasteiger partial charge in [-0.3, -0.25) is 0 Å². The van der Waals surface area contributed by atoms with Crippen molar-refractivity contribution in [1.82, 2.24) is 0 Å². The van der Waals surface area contributed by atoms with E-state index in [4.69, 9.17) is 0 Å². The minimum atomic E-state index is -4.42. The summed E-state index contributed by atoms with van der Waals surface area (Å²) in [5.74, 6) is -0.539. The zero-order valence-electron chi connectivity index (χ0n) is 36.5. The molecule has 52 heavy (non-hydrogen) atoms. The first-order valence-electron chi connectivity index (χ1n) is 19.3. The van der Waals surface area contributed by atoms with Gasteiger partial charge >= 0.3 is 7.94 Å². The van der Waals surface area contributed by atoms with Gasteiger partial charge in [-0.15, -0.1) is 0 Å². The van der Waals surface area contributed by atoms with Crippen LogP contribution < -0.4 is 0 Å². The predicted molar refractivity (Wildman–Crippen MR) is 230 cm³/mol. The van der Waals surface area contributed by atoms with E-state index >= 15 is 0 Å². The van der Waals surface area contributed by atoms with E-state index in [1.54, 1.807) is 0 Å². The average molecular weight is 728 g/mol. The summed E-state index contributed by atoms with van der Waals surface area (Å²) in [6, 6.07) is 18.9. The molecule has 0 amide bonds. The van der Waals surface area contributed by atoms with Crippen molar-refractivity contribution in [3.63, 3.8) is 0 Å². The lowest BCUT2D eigenvalue weighted by Gasteiger charge is -2.40. The molecule has 4 rings (SSSR count). The van der Waals surface area contributed by atoms with Crippen LogP contribution in [-0.4, -0.2) is 19.8 Å². The van der Waals surface area contributed by atoms with Crippen LogP contribution in [0.4, 0.5) is 0 Å². The minimum Gasteiger partial charge on any atom is -0.192 e. The predicted octanol–water partition coefficient (Wildman–Crippen LogP) is 13.4. The fourth-order valence-electron chi connectivity index (χ4n) is 7.84. The summed E-state index contributed by atoms with van der Waals surface area (Å²) in [4.78, 5) is 34.5. The number of fused-ring (bicyclic) bond motifs is 2.